The Morgan fingerprint density at radius 2 is 1.96 bits per heavy atom. The van der Waals surface area contributed by atoms with Crippen molar-refractivity contribution in [1.82, 2.24) is 20.1 Å². The highest BCUT2D eigenvalue weighted by molar-refractivity contribution is 9.10. The molecule has 2 heterocycles. The van der Waals surface area contributed by atoms with Crippen molar-refractivity contribution in [1.29, 1.82) is 0 Å². The zero-order valence-electron chi connectivity index (χ0n) is 12.5. The molecule has 0 saturated carbocycles. The molecule has 1 amide bonds. The molecule has 23 heavy (non-hydrogen) atoms. The third kappa shape index (κ3) is 3.84. The fourth-order valence-electron chi connectivity index (χ4n) is 2.20. The molecule has 1 aromatic carbocycles. The number of hydrogen-bond acceptors (Lipinski definition) is 3. The van der Waals surface area contributed by atoms with E-state index in [0.29, 0.717) is 12.1 Å². The van der Waals surface area contributed by atoms with Gasteiger partial charge in [0.25, 0.3) is 5.91 Å². The standard InChI is InChI=1S/C17H15BrN4O/c1-22-11-15(10-21-22)14-6-12(7-19-9-14)8-20-17(23)13-2-4-16(18)5-3-13/h2-7,9-11H,8H2,1H3,(H,20,23). The monoisotopic (exact) mass is 370 g/mol. The van der Waals surface area contributed by atoms with Crippen LogP contribution in [-0.2, 0) is 13.6 Å². The van der Waals surface area contributed by atoms with Gasteiger partial charge in [-0.2, -0.15) is 5.10 Å². The molecular weight excluding hydrogens is 356 g/mol. The molecule has 0 atom stereocenters. The van der Waals surface area contributed by atoms with E-state index in [-0.39, 0.29) is 5.91 Å². The van der Waals surface area contributed by atoms with E-state index in [1.807, 2.05) is 31.4 Å². The maximum atomic E-state index is 12.1. The summed E-state index contributed by atoms with van der Waals surface area (Å²) in [6.07, 6.45) is 7.27. The number of aryl methyl sites for hydroxylation is 1. The Morgan fingerprint density at radius 3 is 2.65 bits per heavy atom. The molecule has 2 aromatic heterocycles. The molecule has 0 spiro atoms. The molecule has 0 aliphatic rings. The van der Waals surface area contributed by atoms with Gasteiger partial charge in [0.05, 0.1) is 6.20 Å². The van der Waals surface area contributed by atoms with Gasteiger partial charge in [0.1, 0.15) is 0 Å². The number of carbonyl (C=O) groups excluding carboxylic acids is 1. The smallest absolute Gasteiger partial charge is 0.251 e. The number of halogens is 1. The quantitative estimate of drug-likeness (QED) is 0.767. The number of amides is 1. The van der Waals surface area contributed by atoms with Crippen LogP contribution in [0.25, 0.3) is 11.1 Å². The Balaban J connectivity index is 1.68. The first-order valence-corrected chi connectivity index (χ1v) is 7.88. The molecule has 116 valence electrons. The number of nitrogens with zero attached hydrogens (tertiary/aromatic N) is 3. The van der Waals surface area contributed by atoms with Crippen molar-refractivity contribution >= 4 is 21.8 Å². The van der Waals surface area contributed by atoms with Gasteiger partial charge in [-0.05, 0) is 35.9 Å². The Morgan fingerprint density at radius 1 is 1.17 bits per heavy atom. The lowest BCUT2D eigenvalue weighted by Gasteiger charge is -2.06. The predicted molar refractivity (Wildman–Crippen MR) is 91.8 cm³/mol. The molecule has 0 aliphatic carbocycles. The van der Waals surface area contributed by atoms with Gasteiger partial charge in [0.15, 0.2) is 0 Å². The van der Waals surface area contributed by atoms with Gasteiger partial charge in [-0.3, -0.25) is 14.5 Å². The summed E-state index contributed by atoms with van der Waals surface area (Å²) in [5.74, 6) is -0.107. The van der Waals surface area contributed by atoms with Crippen LogP contribution in [-0.4, -0.2) is 20.7 Å². The molecule has 0 saturated heterocycles. The highest BCUT2D eigenvalue weighted by Gasteiger charge is 2.06. The van der Waals surface area contributed by atoms with Crippen molar-refractivity contribution in [3.63, 3.8) is 0 Å². The van der Waals surface area contributed by atoms with Gasteiger partial charge in [-0.25, -0.2) is 0 Å². The minimum atomic E-state index is -0.107. The Bertz CT molecular complexity index is 827. The second-order valence-electron chi connectivity index (χ2n) is 5.17. The molecule has 3 aromatic rings. The Hall–Kier alpha value is -2.47. The van der Waals surface area contributed by atoms with Crippen molar-refractivity contribution in [2.45, 2.75) is 6.54 Å². The van der Waals surface area contributed by atoms with Crippen LogP contribution in [0.15, 0.2) is 59.6 Å². The molecule has 3 rings (SSSR count). The number of rotatable bonds is 4. The van der Waals surface area contributed by atoms with E-state index in [4.69, 9.17) is 0 Å². The van der Waals surface area contributed by atoms with E-state index < -0.39 is 0 Å². The van der Waals surface area contributed by atoms with Crippen LogP contribution in [0.5, 0.6) is 0 Å². The maximum absolute atomic E-state index is 12.1. The van der Waals surface area contributed by atoms with Crippen LogP contribution in [0.2, 0.25) is 0 Å². The summed E-state index contributed by atoms with van der Waals surface area (Å²) in [6.45, 7) is 0.427. The molecule has 0 bridgehead atoms. The number of carbonyl (C=O) groups is 1. The minimum Gasteiger partial charge on any atom is -0.348 e. The van der Waals surface area contributed by atoms with Crippen LogP contribution in [0.4, 0.5) is 0 Å². The average molecular weight is 371 g/mol. The summed E-state index contributed by atoms with van der Waals surface area (Å²) in [4.78, 5) is 16.4. The average Bonchev–Trinajstić information content (AvgIpc) is 3.00. The Kier molecular flexibility index (Phi) is 4.52. The summed E-state index contributed by atoms with van der Waals surface area (Å²) in [6, 6.07) is 9.26. The first-order chi connectivity index (χ1) is 11.1. The molecule has 0 fully saturated rings. The zero-order chi connectivity index (χ0) is 16.2. The largest absolute Gasteiger partial charge is 0.348 e. The van der Waals surface area contributed by atoms with E-state index in [1.165, 1.54) is 0 Å². The van der Waals surface area contributed by atoms with Gasteiger partial charge >= 0.3 is 0 Å². The second-order valence-corrected chi connectivity index (χ2v) is 6.09. The molecule has 1 N–H and O–H groups in total. The summed E-state index contributed by atoms with van der Waals surface area (Å²) in [5.41, 5.74) is 3.55. The number of pyridine rings is 1. The number of benzene rings is 1. The fraction of sp³-hybridized carbons (Fsp3) is 0.118. The predicted octanol–water partition coefficient (Wildman–Crippen LogP) is 3.17. The lowest BCUT2D eigenvalue weighted by molar-refractivity contribution is 0.0951. The van der Waals surface area contributed by atoms with E-state index in [2.05, 4.69) is 31.3 Å². The summed E-state index contributed by atoms with van der Waals surface area (Å²) in [5, 5.41) is 7.06. The summed E-state index contributed by atoms with van der Waals surface area (Å²) < 4.78 is 2.69. The summed E-state index contributed by atoms with van der Waals surface area (Å²) >= 11 is 3.36. The van der Waals surface area contributed by atoms with Gasteiger partial charge in [-0.15, -0.1) is 0 Å². The first-order valence-electron chi connectivity index (χ1n) is 7.08. The molecule has 5 nitrogen and oxygen atoms in total. The van der Waals surface area contributed by atoms with Crippen molar-refractivity contribution in [2.75, 3.05) is 0 Å². The lowest BCUT2D eigenvalue weighted by Crippen LogP contribution is -2.22. The highest BCUT2D eigenvalue weighted by Crippen LogP contribution is 2.18. The van der Waals surface area contributed by atoms with Crippen molar-refractivity contribution in [3.8, 4) is 11.1 Å². The number of hydrogen-bond donors (Lipinski definition) is 1. The first kappa shape index (κ1) is 15.4. The van der Waals surface area contributed by atoms with E-state index >= 15 is 0 Å². The van der Waals surface area contributed by atoms with Crippen LogP contribution < -0.4 is 5.32 Å². The molecular formula is C17H15BrN4O. The second kappa shape index (κ2) is 6.75. The van der Waals surface area contributed by atoms with Gasteiger partial charge in [0, 0.05) is 53.3 Å². The normalized spacial score (nSPS) is 10.5. The highest BCUT2D eigenvalue weighted by atomic mass is 79.9. The van der Waals surface area contributed by atoms with E-state index in [0.717, 1.165) is 21.2 Å². The van der Waals surface area contributed by atoms with E-state index in [1.54, 1.807) is 35.4 Å². The maximum Gasteiger partial charge on any atom is 0.251 e. The van der Waals surface area contributed by atoms with Crippen molar-refractivity contribution in [3.05, 3.63) is 70.7 Å². The number of nitrogens with one attached hydrogen (secondary N) is 1. The molecule has 0 unspecified atom stereocenters. The fourth-order valence-corrected chi connectivity index (χ4v) is 2.46. The SMILES string of the molecule is Cn1cc(-c2cncc(CNC(=O)c3ccc(Br)cc3)c2)cn1. The minimum absolute atomic E-state index is 0.107. The van der Waals surface area contributed by atoms with Gasteiger partial charge in [-0.1, -0.05) is 15.9 Å². The van der Waals surface area contributed by atoms with Crippen molar-refractivity contribution < 1.29 is 4.79 Å². The molecule has 0 radical (unpaired) electrons. The van der Waals surface area contributed by atoms with Crippen LogP contribution in [0.1, 0.15) is 15.9 Å². The lowest BCUT2D eigenvalue weighted by atomic mass is 10.1. The zero-order valence-corrected chi connectivity index (χ0v) is 14.1. The number of aromatic nitrogens is 3. The third-order valence-corrected chi connectivity index (χ3v) is 3.92. The van der Waals surface area contributed by atoms with Crippen LogP contribution in [0.3, 0.4) is 0 Å². The van der Waals surface area contributed by atoms with Crippen molar-refractivity contribution in [2.24, 2.45) is 7.05 Å². The van der Waals surface area contributed by atoms with Crippen LogP contribution in [0, 0.1) is 0 Å². The topological polar surface area (TPSA) is 59.8 Å². The van der Waals surface area contributed by atoms with Gasteiger partial charge < -0.3 is 5.32 Å². The van der Waals surface area contributed by atoms with Crippen LogP contribution >= 0.6 is 15.9 Å². The third-order valence-electron chi connectivity index (χ3n) is 3.39. The molecule has 0 aliphatic heterocycles. The summed E-state index contributed by atoms with van der Waals surface area (Å²) in [7, 11) is 1.87. The van der Waals surface area contributed by atoms with Gasteiger partial charge in [0.2, 0.25) is 0 Å². The molecule has 6 heteroatoms. The Labute approximate surface area is 142 Å². The van der Waals surface area contributed by atoms with E-state index in [9.17, 15) is 4.79 Å².